The van der Waals surface area contributed by atoms with Crippen LogP contribution in [0.25, 0.3) is 0 Å². The lowest BCUT2D eigenvalue weighted by Gasteiger charge is -2.53. The van der Waals surface area contributed by atoms with Gasteiger partial charge in [-0.15, -0.1) is 0 Å². The largest absolute Gasteiger partial charge is 0.381 e. The molecule has 6 rings (SSSR count). The Morgan fingerprint density at radius 1 is 1.31 bits per heavy atom. The van der Waals surface area contributed by atoms with Gasteiger partial charge in [-0.05, 0) is 63.0 Å². The number of hydrogen-bond donors (Lipinski definition) is 2. The van der Waals surface area contributed by atoms with Gasteiger partial charge in [-0.3, -0.25) is 0 Å². The van der Waals surface area contributed by atoms with Crippen molar-refractivity contribution in [3.8, 4) is 0 Å². The number of nitrogens with zero attached hydrogens (tertiary/aromatic N) is 3. The van der Waals surface area contributed by atoms with Crippen molar-refractivity contribution in [2.45, 2.75) is 57.5 Å². The van der Waals surface area contributed by atoms with Crippen LogP contribution in [0.1, 0.15) is 50.2 Å². The van der Waals surface area contributed by atoms with E-state index in [9.17, 15) is 4.79 Å². The summed E-state index contributed by atoms with van der Waals surface area (Å²) < 4.78 is 11.8. The minimum atomic E-state index is -0.163. The number of ether oxygens (including phenoxy) is 2. The third-order valence-corrected chi connectivity index (χ3v) is 9.28. The van der Waals surface area contributed by atoms with E-state index in [2.05, 4.69) is 41.0 Å². The fraction of sp³-hybridized carbons (Fsp3) is 0.704. The highest BCUT2D eigenvalue weighted by Gasteiger charge is 2.49. The highest BCUT2D eigenvalue weighted by molar-refractivity contribution is 5.86. The molecule has 0 aromatic carbocycles. The zero-order valence-corrected chi connectivity index (χ0v) is 21.1. The number of aromatic amines is 1. The molecule has 0 bridgehead atoms. The molecule has 5 aliphatic rings. The average Bonchev–Trinajstić information content (AvgIpc) is 3.41. The number of nitrogens with one attached hydrogen (secondary N) is 1. The maximum absolute atomic E-state index is 13.4. The van der Waals surface area contributed by atoms with E-state index < -0.39 is 0 Å². The second-order valence-electron chi connectivity index (χ2n) is 11.6. The van der Waals surface area contributed by atoms with Crippen molar-refractivity contribution in [3.63, 3.8) is 0 Å². The van der Waals surface area contributed by atoms with Crippen molar-refractivity contribution in [2.24, 2.45) is 22.1 Å². The molecule has 1 aromatic rings. The van der Waals surface area contributed by atoms with Gasteiger partial charge in [-0.1, -0.05) is 5.57 Å². The Morgan fingerprint density at radius 2 is 2.11 bits per heavy atom. The Balaban J connectivity index is 1.23. The first-order valence-corrected chi connectivity index (χ1v) is 13.3. The second kappa shape index (κ2) is 8.75. The molecule has 35 heavy (non-hydrogen) atoms. The summed E-state index contributed by atoms with van der Waals surface area (Å²) in [7, 11) is 0. The molecule has 5 heterocycles. The molecule has 8 heteroatoms. The highest BCUT2D eigenvalue weighted by Crippen LogP contribution is 2.51. The molecule has 0 radical (unpaired) electrons. The summed E-state index contributed by atoms with van der Waals surface area (Å²) in [4.78, 5) is 25.7. The van der Waals surface area contributed by atoms with Gasteiger partial charge in [0.25, 0.3) is 0 Å². The van der Waals surface area contributed by atoms with E-state index >= 15 is 0 Å². The number of aromatic nitrogens is 1. The molecule has 2 fully saturated rings. The van der Waals surface area contributed by atoms with Gasteiger partial charge in [0.1, 0.15) is 5.82 Å². The predicted molar refractivity (Wildman–Crippen MR) is 135 cm³/mol. The number of likely N-dealkylation sites (tertiary alicyclic amines) is 1. The van der Waals surface area contributed by atoms with Crippen LogP contribution in [-0.2, 0) is 14.9 Å². The summed E-state index contributed by atoms with van der Waals surface area (Å²) in [6, 6.07) is 0.202. The fourth-order valence-electron chi connectivity index (χ4n) is 7.39. The number of fused-ring (bicyclic) bond motifs is 1. The predicted octanol–water partition coefficient (Wildman–Crippen LogP) is 3.29. The molecule has 2 saturated heterocycles. The van der Waals surface area contributed by atoms with E-state index in [4.69, 9.17) is 20.2 Å². The summed E-state index contributed by atoms with van der Waals surface area (Å²) in [6.45, 7) is 10.5. The van der Waals surface area contributed by atoms with E-state index in [1.54, 1.807) is 0 Å². The van der Waals surface area contributed by atoms with Crippen LogP contribution < -0.4 is 5.73 Å². The number of carbonyl (C=O) groups is 1. The maximum atomic E-state index is 13.4. The van der Waals surface area contributed by atoms with Gasteiger partial charge in [-0.2, -0.15) is 0 Å². The molecular weight excluding hydrogens is 442 g/mol. The molecule has 1 spiro atoms. The number of nitrogens with two attached hydrogens (primary N) is 1. The third kappa shape index (κ3) is 3.85. The van der Waals surface area contributed by atoms with Crippen molar-refractivity contribution in [3.05, 3.63) is 28.5 Å². The number of H-pyrrole nitrogens is 1. The standard InChI is InChI=1S/C27H39N5O3/c1-18-13-29-24-23(18)26(2,15-30-24)22-12-20(35-10-6-28)11-19-14-31(7-3-21(19)22)25(33)32-16-27(17-32)4-8-34-9-5-27/h13,15,20,22,29H,3-12,14,16-17,28H2,1-2H3/t20?,22-,26?/m1/s1. The lowest BCUT2D eigenvalue weighted by Crippen LogP contribution is -2.63. The molecule has 2 unspecified atom stereocenters. The van der Waals surface area contributed by atoms with Crippen molar-refractivity contribution in [1.29, 1.82) is 0 Å². The summed E-state index contributed by atoms with van der Waals surface area (Å²) >= 11 is 0. The monoisotopic (exact) mass is 481 g/mol. The van der Waals surface area contributed by atoms with Crippen molar-refractivity contribution in [2.75, 3.05) is 52.5 Å². The van der Waals surface area contributed by atoms with Crippen LogP contribution in [0.3, 0.4) is 0 Å². The first-order valence-electron chi connectivity index (χ1n) is 13.3. The van der Waals surface area contributed by atoms with Gasteiger partial charge in [0.2, 0.25) is 0 Å². The minimum Gasteiger partial charge on any atom is -0.381 e. The number of aliphatic imine (C=N–C) groups is 1. The van der Waals surface area contributed by atoms with Crippen LogP contribution in [0.2, 0.25) is 0 Å². The van der Waals surface area contributed by atoms with Gasteiger partial charge in [0, 0.05) is 74.7 Å². The van der Waals surface area contributed by atoms with Crippen molar-refractivity contribution < 1.29 is 14.3 Å². The Labute approximate surface area is 207 Å². The van der Waals surface area contributed by atoms with E-state index in [-0.39, 0.29) is 17.6 Å². The molecule has 0 saturated carbocycles. The Morgan fingerprint density at radius 3 is 2.89 bits per heavy atom. The van der Waals surface area contributed by atoms with E-state index in [1.807, 2.05) is 0 Å². The Bertz CT molecular complexity index is 1050. The summed E-state index contributed by atoms with van der Waals surface area (Å²) in [5.41, 5.74) is 11.4. The first-order chi connectivity index (χ1) is 16.9. The molecular formula is C27H39N5O3. The lowest BCUT2D eigenvalue weighted by molar-refractivity contribution is -0.0665. The molecule has 2 amide bonds. The second-order valence-corrected chi connectivity index (χ2v) is 11.6. The Kier molecular flexibility index (Phi) is 5.81. The Hall–Kier alpha value is -2.16. The van der Waals surface area contributed by atoms with Crippen LogP contribution in [0.4, 0.5) is 10.6 Å². The number of carbonyl (C=O) groups excluding carboxylic acids is 1. The zero-order valence-electron chi connectivity index (χ0n) is 21.1. The molecule has 1 aromatic heterocycles. The summed E-state index contributed by atoms with van der Waals surface area (Å²) in [6.07, 6.45) is 9.29. The molecule has 4 aliphatic heterocycles. The maximum Gasteiger partial charge on any atom is 0.320 e. The lowest BCUT2D eigenvalue weighted by atomic mass is 9.63. The number of amides is 2. The SMILES string of the molecule is Cc1c[nH]c2c1C(C)([C@@H]1CC(OCCN)CC3=C1CCN(C(=O)N1CC4(CCOCC4)C1)C3)C=N2. The van der Waals surface area contributed by atoms with Crippen molar-refractivity contribution >= 4 is 18.1 Å². The van der Waals surface area contributed by atoms with Crippen LogP contribution in [0.15, 0.2) is 22.3 Å². The number of rotatable bonds is 4. The zero-order chi connectivity index (χ0) is 24.2. The minimum absolute atomic E-state index is 0.125. The fourth-order valence-corrected chi connectivity index (χ4v) is 7.39. The van der Waals surface area contributed by atoms with Crippen LogP contribution >= 0.6 is 0 Å². The third-order valence-electron chi connectivity index (χ3n) is 9.28. The van der Waals surface area contributed by atoms with E-state index in [0.29, 0.717) is 31.0 Å². The van der Waals surface area contributed by atoms with Gasteiger partial charge in [0.05, 0.1) is 12.7 Å². The van der Waals surface area contributed by atoms with Gasteiger partial charge in [-0.25, -0.2) is 9.79 Å². The van der Waals surface area contributed by atoms with Crippen molar-refractivity contribution in [1.82, 2.24) is 14.8 Å². The van der Waals surface area contributed by atoms with Crippen LogP contribution in [0.5, 0.6) is 0 Å². The quantitative estimate of drug-likeness (QED) is 0.645. The molecule has 3 atom stereocenters. The van der Waals surface area contributed by atoms with Gasteiger partial charge < -0.3 is 30.0 Å². The number of hydrogen-bond acceptors (Lipinski definition) is 5. The molecule has 1 aliphatic carbocycles. The van der Waals surface area contributed by atoms with Crippen LogP contribution in [0, 0.1) is 18.3 Å². The first kappa shape index (κ1) is 23.3. The molecule has 190 valence electrons. The molecule has 8 nitrogen and oxygen atoms in total. The smallest absolute Gasteiger partial charge is 0.320 e. The number of aryl methyl sites for hydroxylation is 1. The highest BCUT2D eigenvalue weighted by atomic mass is 16.5. The average molecular weight is 482 g/mol. The topological polar surface area (TPSA) is 96.2 Å². The van der Waals surface area contributed by atoms with Crippen LogP contribution in [-0.4, -0.2) is 85.7 Å². The van der Waals surface area contributed by atoms with Gasteiger partial charge in [0.15, 0.2) is 0 Å². The summed E-state index contributed by atoms with van der Waals surface area (Å²) in [5, 5.41) is 0. The van der Waals surface area contributed by atoms with E-state index in [1.165, 1.54) is 22.3 Å². The summed E-state index contributed by atoms with van der Waals surface area (Å²) in [5.74, 6) is 1.31. The normalized spacial score (nSPS) is 31.5. The van der Waals surface area contributed by atoms with E-state index in [0.717, 1.165) is 70.8 Å². The van der Waals surface area contributed by atoms with Gasteiger partial charge >= 0.3 is 6.03 Å². The number of urea groups is 1. The molecule has 3 N–H and O–H groups in total.